The highest BCUT2D eigenvalue weighted by Crippen LogP contribution is 2.19. The fourth-order valence-electron chi connectivity index (χ4n) is 1.85. The first-order valence-electron chi connectivity index (χ1n) is 5.96. The van der Waals surface area contributed by atoms with Crippen molar-refractivity contribution in [3.8, 4) is 6.07 Å². The largest absolute Gasteiger partial charge is 0.392 e. The zero-order valence-corrected chi connectivity index (χ0v) is 10.5. The predicted molar refractivity (Wildman–Crippen MR) is 70.8 cm³/mol. The van der Waals surface area contributed by atoms with Crippen molar-refractivity contribution >= 4 is 5.69 Å². The van der Waals surface area contributed by atoms with Crippen molar-refractivity contribution in [3.05, 3.63) is 64.7 Å². The van der Waals surface area contributed by atoms with Gasteiger partial charge in [-0.2, -0.15) is 5.26 Å². The molecule has 0 aliphatic heterocycles. The van der Waals surface area contributed by atoms with Crippen LogP contribution in [0.4, 0.5) is 14.5 Å². The van der Waals surface area contributed by atoms with Gasteiger partial charge in [0.15, 0.2) is 0 Å². The Bertz CT molecular complexity index is 642. The summed E-state index contributed by atoms with van der Waals surface area (Å²) in [5.41, 5.74) is 1.05. The summed E-state index contributed by atoms with van der Waals surface area (Å²) >= 11 is 0. The maximum Gasteiger partial charge on any atom is 0.132 e. The number of anilines is 1. The van der Waals surface area contributed by atoms with Crippen LogP contribution in [0.15, 0.2) is 36.4 Å². The van der Waals surface area contributed by atoms with Crippen LogP contribution in [-0.4, -0.2) is 5.11 Å². The Morgan fingerprint density at radius 1 is 1.15 bits per heavy atom. The Morgan fingerprint density at radius 3 is 2.40 bits per heavy atom. The van der Waals surface area contributed by atoms with Gasteiger partial charge in [0.2, 0.25) is 0 Å². The summed E-state index contributed by atoms with van der Waals surface area (Å²) in [6.07, 6.45) is 0. The summed E-state index contributed by atoms with van der Waals surface area (Å²) in [5, 5.41) is 20.7. The second-order valence-electron chi connectivity index (χ2n) is 4.20. The minimum absolute atomic E-state index is 0.0560. The van der Waals surface area contributed by atoms with Crippen LogP contribution in [0.25, 0.3) is 0 Å². The van der Waals surface area contributed by atoms with Crippen molar-refractivity contribution in [2.24, 2.45) is 0 Å². The van der Waals surface area contributed by atoms with Gasteiger partial charge < -0.3 is 10.4 Å². The molecule has 0 heterocycles. The molecule has 0 bridgehead atoms. The highest BCUT2D eigenvalue weighted by Gasteiger charge is 2.11. The van der Waals surface area contributed by atoms with Gasteiger partial charge >= 0.3 is 0 Å². The first-order valence-corrected chi connectivity index (χ1v) is 5.96. The van der Waals surface area contributed by atoms with Gasteiger partial charge in [0, 0.05) is 23.4 Å². The molecule has 0 amide bonds. The van der Waals surface area contributed by atoms with Gasteiger partial charge in [0.1, 0.15) is 11.6 Å². The van der Waals surface area contributed by atoms with Crippen LogP contribution in [0.2, 0.25) is 0 Å². The van der Waals surface area contributed by atoms with E-state index in [0.717, 1.165) is 12.1 Å². The third-order valence-corrected chi connectivity index (χ3v) is 2.91. The third kappa shape index (κ3) is 2.92. The second-order valence-corrected chi connectivity index (χ2v) is 4.20. The maximum absolute atomic E-state index is 13.7. The molecular weight excluding hydrogens is 262 g/mol. The number of para-hydroxylation sites is 1. The minimum Gasteiger partial charge on any atom is -0.392 e. The average Bonchev–Trinajstić information content (AvgIpc) is 2.46. The summed E-state index contributed by atoms with van der Waals surface area (Å²) in [4.78, 5) is 0. The van der Waals surface area contributed by atoms with E-state index in [-0.39, 0.29) is 24.3 Å². The highest BCUT2D eigenvalue weighted by molar-refractivity contribution is 5.51. The second kappa shape index (κ2) is 6.13. The van der Waals surface area contributed by atoms with Crippen molar-refractivity contribution in [2.75, 3.05) is 5.32 Å². The van der Waals surface area contributed by atoms with E-state index in [2.05, 4.69) is 5.32 Å². The van der Waals surface area contributed by atoms with Gasteiger partial charge in [-0.15, -0.1) is 0 Å². The van der Waals surface area contributed by atoms with Crippen LogP contribution < -0.4 is 5.32 Å². The summed E-state index contributed by atoms with van der Waals surface area (Å²) in [7, 11) is 0. The third-order valence-electron chi connectivity index (χ3n) is 2.91. The number of hydrogen-bond acceptors (Lipinski definition) is 3. The Balaban J connectivity index is 2.22. The Morgan fingerprint density at radius 2 is 1.80 bits per heavy atom. The number of halogens is 2. The van der Waals surface area contributed by atoms with Gasteiger partial charge in [-0.3, -0.25) is 0 Å². The lowest BCUT2D eigenvalue weighted by Crippen LogP contribution is -2.07. The zero-order valence-electron chi connectivity index (χ0n) is 10.5. The van der Waals surface area contributed by atoms with Crippen LogP contribution >= 0.6 is 0 Å². The van der Waals surface area contributed by atoms with E-state index in [0.29, 0.717) is 11.3 Å². The van der Waals surface area contributed by atoms with Crippen molar-refractivity contribution in [2.45, 2.75) is 13.2 Å². The molecule has 3 nitrogen and oxygen atoms in total. The molecule has 0 fully saturated rings. The average molecular weight is 274 g/mol. The monoisotopic (exact) mass is 274 g/mol. The number of aliphatic hydroxyl groups is 1. The lowest BCUT2D eigenvalue weighted by atomic mass is 10.1. The Kier molecular flexibility index (Phi) is 4.28. The quantitative estimate of drug-likeness (QED) is 0.901. The van der Waals surface area contributed by atoms with Crippen molar-refractivity contribution in [1.29, 1.82) is 5.26 Å². The molecular formula is C15H12F2N2O. The predicted octanol–water partition coefficient (Wildman–Crippen LogP) is 2.94. The molecule has 0 radical (unpaired) electrons. The molecule has 2 aromatic rings. The van der Waals surface area contributed by atoms with Crippen LogP contribution in [0.3, 0.4) is 0 Å². The number of nitrogens with zero attached hydrogens (tertiary/aromatic N) is 1. The van der Waals surface area contributed by atoms with Crippen LogP contribution in [-0.2, 0) is 13.2 Å². The molecule has 0 unspecified atom stereocenters. The van der Waals surface area contributed by atoms with Gasteiger partial charge in [-0.25, -0.2) is 8.78 Å². The van der Waals surface area contributed by atoms with Crippen molar-refractivity contribution < 1.29 is 13.9 Å². The van der Waals surface area contributed by atoms with E-state index in [1.54, 1.807) is 30.3 Å². The summed E-state index contributed by atoms with van der Waals surface area (Å²) < 4.78 is 27.4. The number of nitriles is 1. The Labute approximate surface area is 115 Å². The topological polar surface area (TPSA) is 56.0 Å². The number of aliphatic hydroxyl groups excluding tert-OH is 1. The zero-order chi connectivity index (χ0) is 14.5. The fourth-order valence-corrected chi connectivity index (χ4v) is 1.85. The van der Waals surface area contributed by atoms with E-state index >= 15 is 0 Å². The smallest absolute Gasteiger partial charge is 0.132 e. The molecule has 2 rings (SSSR count). The van der Waals surface area contributed by atoms with E-state index in [4.69, 9.17) is 10.4 Å². The van der Waals surface area contributed by atoms with Crippen molar-refractivity contribution in [3.63, 3.8) is 0 Å². The van der Waals surface area contributed by atoms with Gasteiger partial charge in [-0.1, -0.05) is 18.2 Å². The molecule has 0 saturated heterocycles. The molecule has 0 saturated carbocycles. The first-order chi connectivity index (χ1) is 9.65. The standard InChI is InChI=1S/C15H12F2N2O/c16-13-5-10(7-18)6-14(17)12(13)8-19-15-4-2-1-3-11(15)9-20/h1-6,19-20H,8-9H2. The number of benzene rings is 2. The molecule has 0 aromatic heterocycles. The number of nitrogens with one attached hydrogen (secondary N) is 1. The van der Waals surface area contributed by atoms with Crippen LogP contribution in [0.1, 0.15) is 16.7 Å². The lowest BCUT2D eigenvalue weighted by Gasteiger charge is -2.11. The molecule has 0 aliphatic rings. The highest BCUT2D eigenvalue weighted by atomic mass is 19.1. The SMILES string of the molecule is N#Cc1cc(F)c(CNc2ccccc2CO)c(F)c1. The van der Waals surface area contributed by atoms with Gasteiger partial charge in [0.05, 0.1) is 18.2 Å². The van der Waals surface area contributed by atoms with Crippen molar-refractivity contribution in [1.82, 2.24) is 0 Å². The van der Waals surface area contributed by atoms with Crippen LogP contribution in [0, 0.1) is 23.0 Å². The van der Waals surface area contributed by atoms with E-state index in [9.17, 15) is 8.78 Å². The number of hydrogen-bond donors (Lipinski definition) is 2. The van der Waals surface area contributed by atoms with Crippen LogP contribution in [0.5, 0.6) is 0 Å². The van der Waals surface area contributed by atoms with E-state index < -0.39 is 11.6 Å². The molecule has 5 heteroatoms. The van der Waals surface area contributed by atoms with Gasteiger partial charge in [-0.05, 0) is 18.2 Å². The summed E-state index contributed by atoms with van der Waals surface area (Å²) in [6.45, 7) is -0.234. The normalized spacial score (nSPS) is 10.1. The van der Waals surface area contributed by atoms with Gasteiger partial charge in [0.25, 0.3) is 0 Å². The summed E-state index contributed by atoms with van der Waals surface area (Å²) in [6, 6.07) is 10.6. The molecule has 0 atom stereocenters. The van der Waals surface area contributed by atoms with E-state index in [1.807, 2.05) is 0 Å². The molecule has 20 heavy (non-hydrogen) atoms. The minimum atomic E-state index is -0.768. The molecule has 0 aliphatic carbocycles. The summed E-state index contributed by atoms with van der Waals surface area (Å²) in [5.74, 6) is -1.54. The first kappa shape index (κ1) is 14.0. The molecule has 2 aromatic carbocycles. The molecule has 102 valence electrons. The Hall–Kier alpha value is -2.45. The molecule has 0 spiro atoms. The van der Waals surface area contributed by atoms with E-state index in [1.165, 1.54) is 0 Å². The maximum atomic E-state index is 13.7. The fraction of sp³-hybridized carbons (Fsp3) is 0.133. The lowest BCUT2D eigenvalue weighted by molar-refractivity contribution is 0.282. The number of rotatable bonds is 4. The molecule has 2 N–H and O–H groups in total.